The van der Waals surface area contributed by atoms with Crippen LogP contribution in [0, 0.1) is 0 Å². The molecule has 27 heavy (non-hydrogen) atoms. The summed E-state index contributed by atoms with van der Waals surface area (Å²) < 4.78 is 16.9. The van der Waals surface area contributed by atoms with Crippen LogP contribution in [0.3, 0.4) is 0 Å². The Morgan fingerprint density at radius 2 is 1.85 bits per heavy atom. The van der Waals surface area contributed by atoms with Crippen LogP contribution in [0.25, 0.3) is 0 Å². The van der Waals surface area contributed by atoms with Crippen molar-refractivity contribution in [3.05, 3.63) is 53.6 Å². The third-order valence-corrected chi connectivity index (χ3v) is 5.25. The largest absolute Gasteiger partial charge is 0.508 e. The molecule has 5 nitrogen and oxygen atoms in total. The minimum Gasteiger partial charge on any atom is -0.508 e. The molecule has 1 aliphatic rings. The van der Waals surface area contributed by atoms with Crippen LogP contribution in [0.1, 0.15) is 36.5 Å². The summed E-state index contributed by atoms with van der Waals surface area (Å²) in [6.45, 7) is 8.38. The Morgan fingerprint density at radius 1 is 1.15 bits per heavy atom. The lowest BCUT2D eigenvalue weighted by Gasteiger charge is -2.30. The lowest BCUT2D eigenvalue weighted by atomic mass is 9.80. The standard InChI is InChI=1S/C22H26O5/c1-6-22(2,3)17-11-16(20(25-4)19(24)21(17)26-5)14-9-13-7-8-15(23)10-18(13)27-12-14/h6-8,10-11,14,23-24H,1,9,12H2,2-5H3/t14-/m1/s1. The summed E-state index contributed by atoms with van der Waals surface area (Å²) in [4.78, 5) is 0. The summed E-state index contributed by atoms with van der Waals surface area (Å²) in [6, 6.07) is 7.15. The SMILES string of the molecule is C=CC(C)(C)c1cc([C@H]2COc3cc(O)ccc3C2)c(OC)c(O)c1OC. The molecule has 0 amide bonds. The quantitative estimate of drug-likeness (QED) is 0.768. The van der Waals surface area contributed by atoms with E-state index in [9.17, 15) is 10.2 Å². The van der Waals surface area contributed by atoms with Gasteiger partial charge < -0.3 is 24.4 Å². The van der Waals surface area contributed by atoms with Gasteiger partial charge in [-0.15, -0.1) is 6.58 Å². The van der Waals surface area contributed by atoms with E-state index >= 15 is 0 Å². The zero-order valence-electron chi connectivity index (χ0n) is 16.2. The summed E-state index contributed by atoms with van der Waals surface area (Å²) in [5.74, 6) is 1.64. The average molecular weight is 370 g/mol. The van der Waals surface area contributed by atoms with Gasteiger partial charge in [0.05, 0.1) is 20.8 Å². The number of phenols is 2. The molecule has 0 bridgehead atoms. The lowest BCUT2D eigenvalue weighted by molar-refractivity contribution is 0.255. The molecule has 2 aromatic rings. The van der Waals surface area contributed by atoms with Gasteiger partial charge in [-0.25, -0.2) is 0 Å². The highest BCUT2D eigenvalue weighted by molar-refractivity contribution is 5.63. The number of ether oxygens (including phenoxy) is 3. The third-order valence-electron chi connectivity index (χ3n) is 5.25. The average Bonchev–Trinajstić information content (AvgIpc) is 2.66. The highest BCUT2D eigenvalue weighted by Crippen LogP contribution is 2.49. The fraction of sp³-hybridized carbons (Fsp3) is 0.364. The van der Waals surface area contributed by atoms with Crippen LogP contribution in [-0.4, -0.2) is 31.0 Å². The van der Waals surface area contributed by atoms with Gasteiger partial charge in [0, 0.05) is 28.5 Å². The van der Waals surface area contributed by atoms with E-state index in [2.05, 4.69) is 6.58 Å². The second kappa shape index (κ2) is 7.06. The Bertz CT molecular complexity index is 869. The van der Waals surface area contributed by atoms with E-state index in [-0.39, 0.29) is 17.4 Å². The molecule has 0 aromatic heterocycles. The maximum Gasteiger partial charge on any atom is 0.201 e. The van der Waals surface area contributed by atoms with E-state index in [0.29, 0.717) is 30.3 Å². The first-order chi connectivity index (χ1) is 12.8. The van der Waals surface area contributed by atoms with Crippen LogP contribution in [0.15, 0.2) is 36.9 Å². The van der Waals surface area contributed by atoms with Crippen LogP contribution < -0.4 is 14.2 Å². The zero-order chi connectivity index (χ0) is 19.8. The Kier molecular flexibility index (Phi) is 4.96. The van der Waals surface area contributed by atoms with E-state index in [1.807, 2.05) is 32.1 Å². The second-order valence-electron chi connectivity index (χ2n) is 7.36. The molecular weight excluding hydrogens is 344 g/mol. The molecule has 0 saturated carbocycles. The van der Waals surface area contributed by atoms with Crippen molar-refractivity contribution in [2.24, 2.45) is 0 Å². The number of allylic oxidation sites excluding steroid dienone is 1. The van der Waals surface area contributed by atoms with E-state index in [1.165, 1.54) is 14.2 Å². The van der Waals surface area contributed by atoms with Gasteiger partial charge in [0.15, 0.2) is 11.5 Å². The number of benzene rings is 2. The number of hydrogen-bond donors (Lipinski definition) is 2. The number of methoxy groups -OCH3 is 2. The monoisotopic (exact) mass is 370 g/mol. The van der Waals surface area contributed by atoms with Gasteiger partial charge in [-0.2, -0.15) is 0 Å². The number of fused-ring (bicyclic) bond motifs is 1. The summed E-state index contributed by atoms with van der Waals surface area (Å²) in [6.07, 6.45) is 2.54. The molecular formula is C22H26O5. The fourth-order valence-electron chi connectivity index (χ4n) is 3.53. The smallest absolute Gasteiger partial charge is 0.201 e. The lowest BCUT2D eigenvalue weighted by Crippen LogP contribution is -2.22. The van der Waals surface area contributed by atoms with Crippen molar-refractivity contribution in [2.45, 2.75) is 31.6 Å². The fourth-order valence-corrected chi connectivity index (χ4v) is 3.53. The first-order valence-electron chi connectivity index (χ1n) is 8.89. The van der Waals surface area contributed by atoms with Crippen LogP contribution in [0.4, 0.5) is 0 Å². The molecule has 0 aliphatic carbocycles. The molecule has 5 heteroatoms. The van der Waals surface area contributed by atoms with E-state index < -0.39 is 5.41 Å². The number of aromatic hydroxyl groups is 2. The van der Waals surface area contributed by atoms with Crippen LogP contribution >= 0.6 is 0 Å². The molecule has 0 spiro atoms. The molecule has 1 aliphatic heterocycles. The van der Waals surface area contributed by atoms with Crippen LogP contribution in [0.2, 0.25) is 0 Å². The van der Waals surface area contributed by atoms with Gasteiger partial charge >= 0.3 is 0 Å². The van der Waals surface area contributed by atoms with Crippen LogP contribution in [-0.2, 0) is 11.8 Å². The van der Waals surface area contributed by atoms with Crippen molar-refractivity contribution in [1.82, 2.24) is 0 Å². The van der Waals surface area contributed by atoms with Crippen molar-refractivity contribution in [2.75, 3.05) is 20.8 Å². The first kappa shape index (κ1) is 19.0. The molecule has 3 rings (SSSR count). The molecule has 0 radical (unpaired) electrons. The van der Waals surface area contributed by atoms with Crippen molar-refractivity contribution < 1.29 is 24.4 Å². The van der Waals surface area contributed by atoms with Gasteiger partial charge in [-0.05, 0) is 24.1 Å². The Morgan fingerprint density at radius 3 is 2.48 bits per heavy atom. The van der Waals surface area contributed by atoms with Gasteiger partial charge in [0.1, 0.15) is 11.5 Å². The summed E-state index contributed by atoms with van der Waals surface area (Å²) >= 11 is 0. The van der Waals surface area contributed by atoms with Gasteiger partial charge in [0.2, 0.25) is 5.75 Å². The van der Waals surface area contributed by atoms with Crippen LogP contribution in [0.5, 0.6) is 28.7 Å². The first-order valence-corrected chi connectivity index (χ1v) is 8.89. The van der Waals surface area contributed by atoms with Gasteiger partial charge in [0.25, 0.3) is 0 Å². The topological polar surface area (TPSA) is 68.2 Å². The number of phenolic OH excluding ortho intramolecular Hbond substituents is 2. The zero-order valence-corrected chi connectivity index (χ0v) is 16.2. The van der Waals surface area contributed by atoms with Gasteiger partial charge in [-0.1, -0.05) is 26.0 Å². The van der Waals surface area contributed by atoms with Crippen molar-refractivity contribution >= 4 is 0 Å². The van der Waals surface area contributed by atoms with Crippen molar-refractivity contribution in [1.29, 1.82) is 0 Å². The van der Waals surface area contributed by atoms with Crippen molar-refractivity contribution in [3.8, 4) is 28.7 Å². The molecule has 0 fully saturated rings. The predicted octanol–water partition coefficient (Wildman–Crippen LogP) is 4.30. The Labute approximate surface area is 159 Å². The molecule has 2 aromatic carbocycles. The molecule has 1 atom stereocenters. The maximum absolute atomic E-state index is 10.8. The van der Waals surface area contributed by atoms with E-state index in [0.717, 1.165) is 16.7 Å². The van der Waals surface area contributed by atoms with E-state index in [4.69, 9.17) is 14.2 Å². The molecule has 0 unspecified atom stereocenters. The second-order valence-corrected chi connectivity index (χ2v) is 7.36. The maximum atomic E-state index is 10.8. The minimum absolute atomic E-state index is 0.00633. The number of rotatable bonds is 5. The summed E-state index contributed by atoms with van der Waals surface area (Å²) in [7, 11) is 3.06. The number of hydrogen-bond acceptors (Lipinski definition) is 5. The highest BCUT2D eigenvalue weighted by atomic mass is 16.5. The normalized spacial score (nSPS) is 16.2. The highest BCUT2D eigenvalue weighted by Gasteiger charge is 2.32. The Balaban J connectivity index is 2.12. The summed E-state index contributed by atoms with van der Waals surface area (Å²) in [5, 5.41) is 20.5. The molecule has 144 valence electrons. The molecule has 0 saturated heterocycles. The Hall–Kier alpha value is -2.82. The minimum atomic E-state index is -0.400. The van der Waals surface area contributed by atoms with Gasteiger partial charge in [-0.3, -0.25) is 0 Å². The van der Waals surface area contributed by atoms with Crippen molar-refractivity contribution in [3.63, 3.8) is 0 Å². The molecule has 1 heterocycles. The summed E-state index contributed by atoms with van der Waals surface area (Å²) in [5.41, 5.74) is 2.30. The van der Waals surface area contributed by atoms with E-state index in [1.54, 1.807) is 12.1 Å². The molecule has 2 N–H and O–H groups in total. The third kappa shape index (κ3) is 3.29. The predicted molar refractivity (Wildman–Crippen MR) is 104 cm³/mol.